The van der Waals surface area contributed by atoms with Crippen LogP contribution in [-0.4, -0.2) is 21.5 Å². The molecule has 6 heteroatoms. The van der Waals surface area contributed by atoms with E-state index >= 15 is 0 Å². The number of aldehydes is 1. The van der Waals surface area contributed by atoms with Gasteiger partial charge in [-0.25, -0.2) is 4.39 Å². The number of fused-ring (bicyclic) bond motifs is 1. The van der Waals surface area contributed by atoms with Crippen LogP contribution in [0.5, 0.6) is 0 Å². The number of hydrogen-bond donors (Lipinski definition) is 1. The van der Waals surface area contributed by atoms with Crippen molar-refractivity contribution in [2.45, 2.75) is 19.3 Å². The Bertz CT molecular complexity index is 1390. The molecule has 5 rings (SSSR count). The molecule has 1 aliphatic rings. The van der Waals surface area contributed by atoms with Crippen LogP contribution >= 0.6 is 0 Å². The van der Waals surface area contributed by atoms with E-state index in [1.165, 1.54) is 18.2 Å². The number of nitrogens with one attached hydrogen (secondary N) is 1. The second-order valence-corrected chi connectivity index (χ2v) is 8.14. The molecule has 0 saturated heterocycles. The van der Waals surface area contributed by atoms with E-state index in [9.17, 15) is 13.6 Å². The van der Waals surface area contributed by atoms with Crippen molar-refractivity contribution in [3.05, 3.63) is 101 Å². The Morgan fingerprint density at radius 2 is 1.82 bits per heavy atom. The summed E-state index contributed by atoms with van der Waals surface area (Å²) in [6.45, 7) is 0. The predicted octanol–water partition coefficient (Wildman–Crippen LogP) is 6.21. The molecule has 1 N–H and O–H groups in total. The van der Waals surface area contributed by atoms with Crippen molar-refractivity contribution >= 4 is 34.4 Å². The SMILES string of the molecule is O=C/C=C/c1ncc(/C(=C(\c2ccccc2)C2CCC2)c2ccc3n[nH]c(F)c3c2)cc1F. The molecule has 4 aromatic rings. The third-order valence-electron chi connectivity index (χ3n) is 6.15. The summed E-state index contributed by atoms with van der Waals surface area (Å²) in [6.07, 6.45) is 7.94. The number of rotatable bonds is 6. The molecule has 0 unspecified atom stereocenters. The number of halogens is 2. The Hall–Kier alpha value is -3.93. The van der Waals surface area contributed by atoms with Crippen LogP contribution in [0.4, 0.5) is 8.78 Å². The summed E-state index contributed by atoms with van der Waals surface area (Å²) < 4.78 is 29.3. The van der Waals surface area contributed by atoms with E-state index in [-0.39, 0.29) is 5.69 Å². The highest BCUT2D eigenvalue weighted by Gasteiger charge is 2.28. The van der Waals surface area contributed by atoms with E-state index < -0.39 is 11.8 Å². The number of benzene rings is 2. The number of aromatic amines is 1. The van der Waals surface area contributed by atoms with Gasteiger partial charge in [0.15, 0.2) is 0 Å². The number of allylic oxidation sites excluding steroid dienone is 2. The van der Waals surface area contributed by atoms with Gasteiger partial charge in [-0.15, -0.1) is 0 Å². The van der Waals surface area contributed by atoms with E-state index in [1.54, 1.807) is 18.3 Å². The molecular formula is C27H21F2N3O. The second kappa shape index (κ2) is 8.90. The highest BCUT2D eigenvalue weighted by molar-refractivity contribution is 6.01. The predicted molar refractivity (Wildman–Crippen MR) is 125 cm³/mol. The molecule has 4 nitrogen and oxygen atoms in total. The van der Waals surface area contributed by atoms with Crippen LogP contribution in [0, 0.1) is 17.7 Å². The van der Waals surface area contributed by atoms with Gasteiger partial charge in [0, 0.05) is 11.8 Å². The van der Waals surface area contributed by atoms with Gasteiger partial charge in [0.1, 0.15) is 12.1 Å². The summed E-state index contributed by atoms with van der Waals surface area (Å²) in [4.78, 5) is 14.9. The van der Waals surface area contributed by atoms with Crippen LogP contribution in [0.1, 0.15) is 41.6 Å². The standard InChI is InChI=1S/C27H21F2N3O/c28-22-15-20(16-30-24(22)10-5-13-33)26(19-11-12-23-21(14-19)27(29)32-31-23)25(18-8-4-9-18)17-6-2-1-3-7-17/h1-3,5-7,10-16,18H,4,8-9H2,(H,31,32)/b10-5+,26-25+. The first-order valence-electron chi connectivity index (χ1n) is 10.9. The lowest BCUT2D eigenvalue weighted by Gasteiger charge is -2.31. The molecule has 1 aliphatic carbocycles. The van der Waals surface area contributed by atoms with Gasteiger partial charge in [-0.2, -0.15) is 9.49 Å². The summed E-state index contributed by atoms with van der Waals surface area (Å²) in [6, 6.07) is 16.9. The molecular weight excluding hydrogens is 420 g/mol. The summed E-state index contributed by atoms with van der Waals surface area (Å²) in [5.41, 5.74) is 4.96. The first kappa shape index (κ1) is 20.9. The first-order chi connectivity index (χ1) is 16.2. The molecule has 0 spiro atoms. The summed E-state index contributed by atoms with van der Waals surface area (Å²) in [7, 11) is 0. The number of H-pyrrole nitrogens is 1. The van der Waals surface area contributed by atoms with Crippen molar-refractivity contribution in [3.63, 3.8) is 0 Å². The van der Waals surface area contributed by atoms with Gasteiger partial charge in [-0.1, -0.05) is 42.8 Å². The fourth-order valence-electron chi connectivity index (χ4n) is 4.35. The van der Waals surface area contributed by atoms with Crippen LogP contribution in [0.25, 0.3) is 28.1 Å². The van der Waals surface area contributed by atoms with Gasteiger partial charge in [0.25, 0.3) is 0 Å². The number of aromatic nitrogens is 3. The first-order valence-corrected chi connectivity index (χ1v) is 10.9. The van der Waals surface area contributed by atoms with E-state index in [0.29, 0.717) is 28.7 Å². The maximum absolute atomic E-state index is 15.0. The van der Waals surface area contributed by atoms with Gasteiger partial charge in [-0.3, -0.25) is 14.9 Å². The molecule has 0 atom stereocenters. The number of pyridine rings is 1. The van der Waals surface area contributed by atoms with Crippen molar-refractivity contribution < 1.29 is 13.6 Å². The van der Waals surface area contributed by atoms with Crippen LogP contribution in [0.3, 0.4) is 0 Å². The van der Waals surface area contributed by atoms with Gasteiger partial charge in [0.2, 0.25) is 5.95 Å². The monoisotopic (exact) mass is 441 g/mol. The van der Waals surface area contributed by atoms with Gasteiger partial charge >= 0.3 is 0 Å². The Balaban J connectivity index is 1.78. The number of nitrogens with zero attached hydrogens (tertiary/aromatic N) is 2. The molecule has 0 radical (unpaired) electrons. The minimum atomic E-state index is -0.528. The van der Waals surface area contributed by atoms with Gasteiger partial charge in [-0.05, 0) is 71.4 Å². The van der Waals surface area contributed by atoms with Crippen molar-refractivity contribution in [3.8, 4) is 0 Å². The number of carbonyl (C=O) groups excluding carboxylic acids is 1. The Morgan fingerprint density at radius 3 is 2.52 bits per heavy atom. The molecule has 33 heavy (non-hydrogen) atoms. The average molecular weight is 441 g/mol. The molecule has 0 aliphatic heterocycles. The Labute approximate surface area is 189 Å². The van der Waals surface area contributed by atoms with Crippen molar-refractivity contribution in [1.29, 1.82) is 0 Å². The lowest BCUT2D eigenvalue weighted by molar-refractivity contribution is -0.104. The van der Waals surface area contributed by atoms with Crippen LogP contribution in [0.2, 0.25) is 0 Å². The third-order valence-corrected chi connectivity index (χ3v) is 6.15. The lowest BCUT2D eigenvalue weighted by Crippen LogP contribution is -2.15. The van der Waals surface area contributed by atoms with E-state index in [1.807, 2.05) is 24.3 Å². The Kier molecular flexibility index (Phi) is 5.65. The molecule has 164 valence electrons. The molecule has 1 saturated carbocycles. The third kappa shape index (κ3) is 4.00. The zero-order chi connectivity index (χ0) is 22.8. The van der Waals surface area contributed by atoms with Crippen molar-refractivity contribution in [2.75, 3.05) is 0 Å². The average Bonchev–Trinajstić information content (AvgIpc) is 3.18. The largest absolute Gasteiger partial charge is 0.299 e. The number of carbonyl (C=O) groups is 1. The fourth-order valence-corrected chi connectivity index (χ4v) is 4.35. The lowest BCUT2D eigenvalue weighted by atomic mass is 9.73. The quantitative estimate of drug-likeness (QED) is 0.220. The molecule has 2 aromatic carbocycles. The van der Waals surface area contributed by atoms with E-state index in [4.69, 9.17) is 0 Å². The topological polar surface area (TPSA) is 58.6 Å². The molecule has 1 fully saturated rings. The normalized spacial score (nSPS) is 15.0. The van der Waals surface area contributed by atoms with E-state index in [0.717, 1.165) is 41.5 Å². The zero-order valence-corrected chi connectivity index (χ0v) is 17.8. The second-order valence-electron chi connectivity index (χ2n) is 8.14. The van der Waals surface area contributed by atoms with Crippen LogP contribution in [0.15, 0.2) is 66.9 Å². The highest BCUT2D eigenvalue weighted by atomic mass is 19.1. The summed E-state index contributed by atoms with van der Waals surface area (Å²) in [5, 5.41) is 6.75. The fraction of sp³-hybridized carbons (Fsp3) is 0.148. The van der Waals surface area contributed by atoms with Gasteiger partial charge < -0.3 is 0 Å². The van der Waals surface area contributed by atoms with Crippen molar-refractivity contribution in [2.24, 2.45) is 5.92 Å². The molecule has 0 bridgehead atoms. The molecule has 0 amide bonds. The minimum Gasteiger partial charge on any atom is -0.299 e. The summed E-state index contributed by atoms with van der Waals surface area (Å²) in [5.74, 6) is -0.723. The number of hydrogen-bond acceptors (Lipinski definition) is 3. The maximum atomic E-state index is 15.0. The van der Waals surface area contributed by atoms with E-state index in [2.05, 4.69) is 27.3 Å². The van der Waals surface area contributed by atoms with Gasteiger partial charge in [0.05, 0.1) is 16.6 Å². The zero-order valence-electron chi connectivity index (χ0n) is 17.8. The van der Waals surface area contributed by atoms with Crippen LogP contribution < -0.4 is 0 Å². The highest BCUT2D eigenvalue weighted by Crippen LogP contribution is 2.45. The maximum Gasteiger partial charge on any atom is 0.216 e. The van der Waals surface area contributed by atoms with Crippen LogP contribution in [-0.2, 0) is 4.79 Å². The Morgan fingerprint density at radius 1 is 1.00 bits per heavy atom. The minimum absolute atomic E-state index is 0.0893. The summed E-state index contributed by atoms with van der Waals surface area (Å²) >= 11 is 0. The molecule has 2 heterocycles. The smallest absolute Gasteiger partial charge is 0.216 e. The molecule has 2 aromatic heterocycles. The van der Waals surface area contributed by atoms with Crippen molar-refractivity contribution in [1.82, 2.24) is 15.2 Å².